The van der Waals surface area contributed by atoms with Gasteiger partial charge in [0.2, 0.25) is 5.75 Å². The summed E-state index contributed by atoms with van der Waals surface area (Å²) in [6, 6.07) is 8.70. The summed E-state index contributed by atoms with van der Waals surface area (Å²) in [5.41, 5.74) is 1.84. The van der Waals surface area contributed by atoms with E-state index in [1.807, 2.05) is 6.07 Å². The Morgan fingerprint density at radius 3 is 2.48 bits per heavy atom. The number of ketones is 1. The lowest BCUT2D eigenvalue weighted by molar-refractivity contribution is 0.103. The van der Waals surface area contributed by atoms with Gasteiger partial charge in [-0.1, -0.05) is 15.9 Å². The second-order valence-electron chi connectivity index (χ2n) is 5.51. The highest BCUT2D eigenvalue weighted by molar-refractivity contribution is 9.10. The smallest absolute Gasteiger partial charge is 0.200 e. The van der Waals surface area contributed by atoms with Gasteiger partial charge in [-0.25, -0.2) is 0 Å². The van der Waals surface area contributed by atoms with Crippen molar-refractivity contribution in [2.75, 3.05) is 20.8 Å². The monoisotopic (exact) mass is 404 g/mol. The molecule has 6 heteroatoms. The summed E-state index contributed by atoms with van der Waals surface area (Å²) < 4.78 is 16.8. The summed E-state index contributed by atoms with van der Waals surface area (Å²) in [5.74, 6) is 0.993. The molecule has 0 unspecified atom stereocenters. The van der Waals surface area contributed by atoms with Crippen LogP contribution in [0.25, 0.3) is 6.08 Å². The van der Waals surface area contributed by atoms with Crippen LogP contribution in [0.4, 0.5) is 0 Å². The molecule has 0 atom stereocenters. The highest BCUT2D eigenvalue weighted by Crippen LogP contribution is 2.38. The third-order valence-electron chi connectivity index (χ3n) is 3.95. The standard InChI is InChI=1S/C19H17BrO5/c1-23-16-8-11(9-17(24-2)19(16)22)7-12-5-6-25-15-4-3-13(20)10-14(15)18(12)21/h3-4,7-10,22H,5-6H2,1-2H3/b12-7+. The van der Waals surface area contributed by atoms with E-state index in [2.05, 4.69) is 15.9 Å². The van der Waals surface area contributed by atoms with E-state index < -0.39 is 0 Å². The molecule has 0 spiro atoms. The first-order valence-corrected chi connectivity index (χ1v) is 8.45. The van der Waals surface area contributed by atoms with Gasteiger partial charge in [-0.15, -0.1) is 0 Å². The van der Waals surface area contributed by atoms with Gasteiger partial charge in [-0.3, -0.25) is 4.79 Å². The number of carbonyl (C=O) groups excluding carboxylic acids is 1. The first-order valence-electron chi connectivity index (χ1n) is 7.66. The van der Waals surface area contributed by atoms with Gasteiger partial charge in [0, 0.05) is 16.5 Å². The Kier molecular flexibility index (Phi) is 4.99. The van der Waals surface area contributed by atoms with E-state index >= 15 is 0 Å². The van der Waals surface area contributed by atoms with Crippen molar-refractivity contribution < 1.29 is 24.1 Å². The Labute approximate surface area is 154 Å². The molecule has 1 heterocycles. The van der Waals surface area contributed by atoms with Gasteiger partial charge in [0.25, 0.3) is 0 Å². The van der Waals surface area contributed by atoms with Crippen LogP contribution in [0.3, 0.4) is 0 Å². The van der Waals surface area contributed by atoms with Crippen LogP contribution in [0.2, 0.25) is 0 Å². The molecule has 0 aromatic heterocycles. The number of Topliss-reactive ketones (excluding diaryl/α,β-unsaturated/α-hetero) is 1. The van der Waals surface area contributed by atoms with Gasteiger partial charge in [0.05, 0.1) is 26.4 Å². The van der Waals surface area contributed by atoms with E-state index in [9.17, 15) is 9.90 Å². The number of carbonyl (C=O) groups is 1. The molecule has 3 rings (SSSR count). The minimum atomic E-state index is -0.0835. The third kappa shape index (κ3) is 3.49. The van der Waals surface area contributed by atoms with Crippen LogP contribution < -0.4 is 14.2 Å². The van der Waals surface area contributed by atoms with Crippen molar-refractivity contribution in [2.45, 2.75) is 6.42 Å². The molecule has 130 valence electrons. The molecule has 1 aliphatic rings. The largest absolute Gasteiger partial charge is 0.502 e. The number of rotatable bonds is 3. The number of fused-ring (bicyclic) bond motifs is 1. The molecular weight excluding hydrogens is 388 g/mol. The number of hydrogen-bond donors (Lipinski definition) is 1. The molecule has 1 aliphatic heterocycles. The van der Waals surface area contributed by atoms with Crippen LogP contribution in [-0.4, -0.2) is 31.7 Å². The van der Waals surface area contributed by atoms with Crippen LogP contribution in [0, 0.1) is 0 Å². The Hall–Kier alpha value is -2.47. The fourth-order valence-corrected chi connectivity index (χ4v) is 3.06. The lowest BCUT2D eigenvalue weighted by Crippen LogP contribution is -2.02. The Bertz CT molecular complexity index is 832. The highest BCUT2D eigenvalue weighted by atomic mass is 79.9. The average Bonchev–Trinajstić information content (AvgIpc) is 2.76. The molecule has 0 bridgehead atoms. The predicted octanol–water partition coefficient (Wildman–Crippen LogP) is 4.22. The molecule has 1 N–H and O–H groups in total. The van der Waals surface area contributed by atoms with Crippen LogP contribution >= 0.6 is 15.9 Å². The first-order chi connectivity index (χ1) is 12.0. The molecule has 0 saturated heterocycles. The number of aromatic hydroxyl groups is 1. The highest BCUT2D eigenvalue weighted by Gasteiger charge is 2.22. The number of phenols is 1. The SMILES string of the molecule is COc1cc(/C=C2\CCOc3ccc(Br)cc3C2=O)cc(OC)c1O. The van der Waals surface area contributed by atoms with Crippen LogP contribution in [-0.2, 0) is 0 Å². The number of methoxy groups -OCH3 is 2. The van der Waals surface area contributed by atoms with Gasteiger partial charge < -0.3 is 19.3 Å². The number of halogens is 1. The van der Waals surface area contributed by atoms with Crippen molar-refractivity contribution in [3.05, 3.63) is 51.5 Å². The minimum absolute atomic E-state index is 0.0723. The first kappa shape index (κ1) is 17.4. The zero-order valence-electron chi connectivity index (χ0n) is 13.8. The lowest BCUT2D eigenvalue weighted by Gasteiger charge is -2.10. The van der Waals surface area contributed by atoms with Crippen molar-refractivity contribution >= 4 is 27.8 Å². The van der Waals surface area contributed by atoms with Crippen molar-refractivity contribution in [3.8, 4) is 23.0 Å². The summed E-state index contributed by atoms with van der Waals surface area (Å²) in [4.78, 5) is 12.9. The van der Waals surface area contributed by atoms with Gasteiger partial charge in [0.1, 0.15) is 5.75 Å². The fourth-order valence-electron chi connectivity index (χ4n) is 2.70. The van der Waals surface area contributed by atoms with Crippen LogP contribution in [0.15, 0.2) is 40.4 Å². The maximum atomic E-state index is 12.9. The summed E-state index contributed by atoms with van der Waals surface area (Å²) >= 11 is 3.39. The Morgan fingerprint density at radius 1 is 1.16 bits per heavy atom. The second-order valence-corrected chi connectivity index (χ2v) is 6.43. The zero-order valence-corrected chi connectivity index (χ0v) is 15.4. The zero-order chi connectivity index (χ0) is 18.0. The van der Waals surface area contributed by atoms with Gasteiger partial charge in [0.15, 0.2) is 17.3 Å². The summed E-state index contributed by atoms with van der Waals surface area (Å²) in [6.07, 6.45) is 2.25. The summed E-state index contributed by atoms with van der Waals surface area (Å²) in [6.45, 7) is 0.415. The summed E-state index contributed by atoms with van der Waals surface area (Å²) in [5, 5.41) is 10.0. The molecule has 2 aromatic carbocycles. The molecule has 2 aromatic rings. The Balaban J connectivity index is 2.05. The number of hydrogen-bond acceptors (Lipinski definition) is 5. The minimum Gasteiger partial charge on any atom is -0.502 e. The predicted molar refractivity (Wildman–Crippen MR) is 97.8 cm³/mol. The average molecular weight is 405 g/mol. The second kappa shape index (κ2) is 7.19. The molecule has 0 aliphatic carbocycles. The number of phenolic OH excluding ortho intramolecular Hbond substituents is 1. The fraction of sp³-hybridized carbons (Fsp3) is 0.211. The van der Waals surface area contributed by atoms with E-state index in [1.165, 1.54) is 14.2 Å². The van der Waals surface area contributed by atoms with E-state index in [0.29, 0.717) is 35.5 Å². The van der Waals surface area contributed by atoms with E-state index in [4.69, 9.17) is 14.2 Å². The van der Waals surface area contributed by atoms with Gasteiger partial charge in [-0.05, 0) is 42.0 Å². The molecule has 5 nitrogen and oxygen atoms in total. The van der Waals surface area contributed by atoms with Crippen molar-refractivity contribution in [3.63, 3.8) is 0 Å². The van der Waals surface area contributed by atoms with Crippen molar-refractivity contribution in [1.29, 1.82) is 0 Å². The molecule has 0 radical (unpaired) electrons. The Morgan fingerprint density at radius 2 is 1.84 bits per heavy atom. The van der Waals surface area contributed by atoms with Crippen molar-refractivity contribution in [2.24, 2.45) is 0 Å². The number of ether oxygens (including phenoxy) is 3. The van der Waals surface area contributed by atoms with E-state index in [-0.39, 0.29) is 23.0 Å². The molecule has 0 amide bonds. The third-order valence-corrected chi connectivity index (χ3v) is 4.44. The van der Waals surface area contributed by atoms with Gasteiger partial charge >= 0.3 is 0 Å². The maximum Gasteiger partial charge on any atom is 0.200 e. The van der Waals surface area contributed by atoms with Crippen LogP contribution in [0.5, 0.6) is 23.0 Å². The lowest BCUT2D eigenvalue weighted by atomic mass is 9.99. The summed E-state index contributed by atoms with van der Waals surface area (Å²) in [7, 11) is 2.92. The normalized spacial score (nSPS) is 15.3. The van der Waals surface area contributed by atoms with E-state index in [1.54, 1.807) is 30.3 Å². The number of benzene rings is 2. The quantitative estimate of drug-likeness (QED) is 0.775. The topological polar surface area (TPSA) is 65.0 Å². The van der Waals surface area contributed by atoms with E-state index in [0.717, 1.165) is 4.47 Å². The van der Waals surface area contributed by atoms with Gasteiger partial charge in [-0.2, -0.15) is 0 Å². The van der Waals surface area contributed by atoms with Crippen LogP contribution in [0.1, 0.15) is 22.3 Å². The molecule has 0 fully saturated rings. The van der Waals surface area contributed by atoms with Crippen molar-refractivity contribution in [1.82, 2.24) is 0 Å². The molecule has 0 saturated carbocycles. The maximum absolute atomic E-state index is 12.9. The molecular formula is C19H17BrO5. The molecule has 25 heavy (non-hydrogen) atoms.